The fourth-order valence-electron chi connectivity index (χ4n) is 2.71. The number of fused-ring (bicyclic) bond motifs is 2. The van der Waals surface area contributed by atoms with Gasteiger partial charge >= 0.3 is 0 Å². The summed E-state index contributed by atoms with van der Waals surface area (Å²) in [7, 11) is 0. The second-order valence-corrected chi connectivity index (χ2v) is 4.74. The third-order valence-electron chi connectivity index (χ3n) is 3.63. The van der Waals surface area contributed by atoms with Crippen LogP contribution in [0.3, 0.4) is 0 Å². The molecule has 0 aliphatic carbocycles. The van der Waals surface area contributed by atoms with Crippen LogP contribution in [0.5, 0.6) is 0 Å². The lowest BCUT2D eigenvalue weighted by Crippen LogP contribution is -1.92. The molecule has 0 saturated heterocycles. The third kappa shape index (κ3) is 1.79. The van der Waals surface area contributed by atoms with Gasteiger partial charge in [-0.15, -0.1) is 0 Å². The minimum Gasteiger partial charge on any atom is -0.316 e. The zero-order valence-corrected chi connectivity index (χ0v) is 10.5. The van der Waals surface area contributed by atoms with Crippen molar-refractivity contribution in [3.8, 4) is 5.69 Å². The molecule has 0 spiro atoms. The Hall–Kier alpha value is -2.54. The number of aromatic nitrogens is 1. The minimum atomic E-state index is 0. The fourth-order valence-corrected chi connectivity index (χ4v) is 2.71. The Morgan fingerprint density at radius 2 is 1.30 bits per heavy atom. The molecule has 0 aliphatic rings. The van der Waals surface area contributed by atoms with Gasteiger partial charge in [-0.1, -0.05) is 62.0 Å². The molecule has 0 amide bonds. The maximum atomic E-state index is 2.26. The van der Waals surface area contributed by atoms with Gasteiger partial charge in [-0.3, -0.25) is 0 Å². The van der Waals surface area contributed by atoms with Crippen molar-refractivity contribution < 1.29 is 0 Å². The second-order valence-electron chi connectivity index (χ2n) is 4.74. The molecule has 0 bridgehead atoms. The van der Waals surface area contributed by atoms with Crippen LogP contribution >= 0.6 is 0 Å². The monoisotopic (exact) mass is 259 g/mol. The van der Waals surface area contributed by atoms with Crippen LogP contribution in [0.2, 0.25) is 0 Å². The fraction of sp³-hybridized carbons (Fsp3) is 0.0526. The molecule has 0 N–H and O–H groups in total. The van der Waals surface area contributed by atoms with Gasteiger partial charge in [0.2, 0.25) is 0 Å². The second kappa shape index (κ2) is 4.86. The van der Waals surface area contributed by atoms with Crippen molar-refractivity contribution in [3.63, 3.8) is 0 Å². The quantitative estimate of drug-likeness (QED) is 0.430. The lowest BCUT2D eigenvalue weighted by molar-refractivity contribution is 1.14. The lowest BCUT2D eigenvalue weighted by atomic mass is 10.1. The molecule has 0 aliphatic heterocycles. The van der Waals surface area contributed by atoms with Crippen molar-refractivity contribution in [3.05, 3.63) is 79.0 Å². The highest BCUT2D eigenvalue weighted by molar-refractivity contribution is 5.93. The molecule has 3 aromatic carbocycles. The van der Waals surface area contributed by atoms with Gasteiger partial charge in [0.25, 0.3) is 0 Å². The van der Waals surface area contributed by atoms with Crippen molar-refractivity contribution in [2.75, 3.05) is 0 Å². The van der Waals surface area contributed by atoms with Crippen LogP contribution < -0.4 is 0 Å². The molecule has 4 rings (SSSR count). The molecule has 0 atom stereocenters. The van der Waals surface area contributed by atoms with E-state index in [0.717, 1.165) is 0 Å². The Kier molecular flexibility index (Phi) is 3.03. The maximum Gasteiger partial charge on any atom is 0.0534 e. The van der Waals surface area contributed by atoms with Crippen LogP contribution in [0.15, 0.2) is 79.0 Å². The van der Waals surface area contributed by atoms with Gasteiger partial charge in [0.1, 0.15) is 0 Å². The van der Waals surface area contributed by atoms with E-state index in [4.69, 9.17) is 0 Å². The molecule has 1 heterocycles. The van der Waals surface area contributed by atoms with Gasteiger partial charge in [-0.25, -0.2) is 0 Å². The number of para-hydroxylation sites is 1. The predicted molar refractivity (Wildman–Crippen MR) is 87.5 cm³/mol. The van der Waals surface area contributed by atoms with Gasteiger partial charge in [0, 0.05) is 11.6 Å². The molecule has 0 saturated carbocycles. The van der Waals surface area contributed by atoms with Crippen LogP contribution in [0.4, 0.5) is 0 Å². The van der Waals surface area contributed by atoms with Gasteiger partial charge in [-0.2, -0.15) is 0 Å². The first-order valence-electron chi connectivity index (χ1n) is 6.48. The maximum absolute atomic E-state index is 2.26. The molecule has 98 valence electrons. The molecule has 0 fully saturated rings. The first-order valence-corrected chi connectivity index (χ1v) is 6.48. The molecular formula is C19H17N. The minimum absolute atomic E-state index is 0. The molecule has 0 unspecified atom stereocenters. The number of benzene rings is 3. The highest BCUT2D eigenvalue weighted by Gasteiger charge is 2.05. The van der Waals surface area contributed by atoms with Crippen molar-refractivity contribution >= 4 is 21.7 Å². The van der Waals surface area contributed by atoms with E-state index >= 15 is 0 Å². The lowest BCUT2D eigenvalue weighted by Gasteiger charge is -2.09. The van der Waals surface area contributed by atoms with E-state index in [1.807, 2.05) is 0 Å². The van der Waals surface area contributed by atoms with E-state index < -0.39 is 0 Å². The van der Waals surface area contributed by atoms with E-state index in [2.05, 4.69) is 83.6 Å². The summed E-state index contributed by atoms with van der Waals surface area (Å²) in [6.45, 7) is 0. The molecule has 20 heavy (non-hydrogen) atoms. The highest BCUT2D eigenvalue weighted by atomic mass is 15.0. The molecular weight excluding hydrogens is 242 g/mol. The van der Waals surface area contributed by atoms with Crippen LogP contribution in [0.25, 0.3) is 27.4 Å². The SMILES string of the molecule is C.c1ccc2c(-n3ccc4ccccc43)cccc2c1. The molecule has 4 aromatic rings. The van der Waals surface area contributed by atoms with Crippen LogP contribution in [0.1, 0.15) is 7.43 Å². The zero-order chi connectivity index (χ0) is 12.7. The molecule has 1 heteroatoms. The van der Waals surface area contributed by atoms with E-state index in [1.54, 1.807) is 0 Å². The third-order valence-corrected chi connectivity index (χ3v) is 3.63. The summed E-state index contributed by atoms with van der Waals surface area (Å²) in [6, 6.07) is 25.6. The number of hydrogen-bond donors (Lipinski definition) is 0. The van der Waals surface area contributed by atoms with E-state index in [-0.39, 0.29) is 7.43 Å². The summed E-state index contributed by atoms with van der Waals surface area (Å²) in [4.78, 5) is 0. The Balaban J connectivity index is 0.00000121. The largest absolute Gasteiger partial charge is 0.316 e. The molecule has 1 aromatic heterocycles. The first-order chi connectivity index (χ1) is 9.43. The van der Waals surface area contributed by atoms with E-state index in [0.29, 0.717) is 0 Å². The van der Waals surface area contributed by atoms with Crippen molar-refractivity contribution in [1.29, 1.82) is 0 Å². The van der Waals surface area contributed by atoms with Crippen LogP contribution in [-0.2, 0) is 0 Å². The van der Waals surface area contributed by atoms with Crippen LogP contribution in [0, 0.1) is 0 Å². The number of rotatable bonds is 1. The van der Waals surface area contributed by atoms with Gasteiger partial charge in [0.15, 0.2) is 0 Å². The van der Waals surface area contributed by atoms with Gasteiger partial charge < -0.3 is 4.57 Å². The summed E-state index contributed by atoms with van der Waals surface area (Å²) in [6.07, 6.45) is 2.15. The molecule has 1 nitrogen and oxygen atoms in total. The average Bonchev–Trinajstić information content (AvgIpc) is 2.90. The topological polar surface area (TPSA) is 4.93 Å². The highest BCUT2D eigenvalue weighted by Crippen LogP contribution is 2.26. The summed E-state index contributed by atoms with van der Waals surface area (Å²) >= 11 is 0. The number of hydrogen-bond acceptors (Lipinski definition) is 0. The average molecular weight is 259 g/mol. The summed E-state index contributed by atoms with van der Waals surface area (Å²) in [5.74, 6) is 0. The van der Waals surface area contributed by atoms with Gasteiger partial charge in [0.05, 0.1) is 11.2 Å². The first kappa shape index (κ1) is 12.5. The van der Waals surface area contributed by atoms with Crippen molar-refractivity contribution in [1.82, 2.24) is 4.57 Å². The summed E-state index contributed by atoms with van der Waals surface area (Å²) < 4.78 is 2.26. The standard InChI is InChI=1S/C18H13N.CH4/c1-3-9-16-14(6-1)8-5-11-18(16)19-13-12-15-7-2-4-10-17(15)19;/h1-13H;1H4. The van der Waals surface area contributed by atoms with Crippen LogP contribution in [-0.4, -0.2) is 4.57 Å². The predicted octanol–water partition coefficient (Wildman–Crippen LogP) is 5.42. The van der Waals surface area contributed by atoms with E-state index in [9.17, 15) is 0 Å². The van der Waals surface area contributed by atoms with Crippen molar-refractivity contribution in [2.45, 2.75) is 7.43 Å². The smallest absolute Gasteiger partial charge is 0.0534 e. The zero-order valence-electron chi connectivity index (χ0n) is 10.5. The van der Waals surface area contributed by atoms with E-state index in [1.165, 1.54) is 27.4 Å². The van der Waals surface area contributed by atoms with Gasteiger partial charge in [-0.05, 0) is 29.0 Å². The Labute approximate surface area is 119 Å². The summed E-state index contributed by atoms with van der Waals surface area (Å²) in [5.41, 5.74) is 2.48. The normalized spacial score (nSPS) is 10.6. The Morgan fingerprint density at radius 3 is 2.20 bits per heavy atom. The summed E-state index contributed by atoms with van der Waals surface area (Å²) in [5, 5.41) is 3.83. The Morgan fingerprint density at radius 1 is 0.600 bits per heavy atom. The Bertz CT molecular complexity index is 866. The number of nitrogens with zero attached hydrogens (tertiary/aromatic N) is 1. The van der Waals surface area contributed by atoms with Crippen molar-refractivity contribution in [2.24, 2.45) is 0 Å². The molecule has 0 radical (unpaired) electrons.